The number of ketones is 6. The van der Waals surface area contributed by atoms with Gasteiger partial charge in [0.15, 0.2) is 36.7 Å². The number of Topliss-reactive ketones (excluding diaryl/α,β-unsaturated/α-hetero) is 6. The molecule has 0 spiro atoms. The number of para-hydroxylation sites is 3. The summed E-state index contributed by atoms with van der Waals surface area (Å²) in [4.78, 5) is 196. The van der Waals surface area contributed by atoms with E-state index in [0.29, 0.717) is 103 Å². The summed E-state index contributed by atoms with van der Waals surface area (Å²) in [5.41, 5.74) is 18.4. The minimum absolute atomic E-state index is 0.0146. The number of H-pyrrole nitrogens is 7. The smallest absolute Gasteiger partial charge is 0.259 e. The Morgan fingerprint density at radius 3 is 0.899 bits per heavy atom. The fourth-order valence-electron chi connectivity index (χ4n) is 16.4. The van der Waals surface area contributed by atoms with E-state index in [0.717, 1.165) is 231 Å². The van der Waals surface area contributed by atoms with Gasteiger partial charge in [-0.2, -0.15) is 0 Å². The van der Waals surface area contributed by atoms with Gasteiger partial charge >= 0.3 is 0 Å². The second-order valence-electron chi connectivity index (χ2n) is 35.1. The molecule has 32 heteroatoms. The molecular formula is C106H118N14O12S6. The monoisotopic (exact) mass is 1970 g/mol. The van der Waals surface area contributed by atoms with Crippen LogP contribution in [0.25, 0.3) is 21.9 Å². The van der Waals surface area contributed by atoms with E-state index in [4.69, 9.17) is 0 Å². The van der Waals surface area contributed by atoms with Crippen LogP contribution < -0.4 is 33.4 Å². The number of nitrogens with zero attached hydrogens (tertiary/aromatic N) is 7. The molecule has 7 heterocycles. The van der Waals surface area contributed by atoms with Gasteiger partial charge in [-0.15, -0.1) is 0 Å². The maximum atomic E-state index is 12.2. The average molecular weight is 1970 g/mol. The minimum atomic E-state index is -0.177. The van der Waals surface area contributed by atoms with Crippen LogP contribution in [0.4, 0.5) is 0 Å². The molecule has 6 aromatic carbocycles. The Kier molecular flexibility index (Phi) is 40.3. The third kappa shape index (κ3) is 32.8. The van der Waals surface area contributed by atoms with Gasteiger partial charge in [0.05, 0.1) is 91.3 Å². The van der Waals surface area contributed by atoms with Crippen LogP contribution in [0, 0.1) is 20.8 Å². The van der Waals surface area contributed by atoms with Gasteiger partial charge in [-0.05, 0) is 202 Å². The quantitative estimate of drug-likeness (QED) is 0.0112. The molecule has 0 radical (unpaired) electrons. The maximum absolute atomic E-state index is 12.2. The molecule has 13 aromatic rings. The first-order valence-corrected chi connectivity index (χ1v) is 53.5. The number of aromatic nitrogens is 14. The number of carbonyl (C=O) groups excluding carboxylic acids is 6. The van der Waals surface area contributed by atoms with E-state index in [1.807, 2.05) is 154 Å². The first-order valence-electron chi connectivity index (χ1n) is 47.6. The molecule has 0 saturated heterocycles. The van der Waals surface area contributed by atoms with Gasteiger partial charge in [0, 0.05) is 59.9 Å². The van der Waals surface area contributed by atoms with E-state index in [2.05, 4.69) is 76.7 Å². The van der Waals surface area contributed by atoms with Crippen molar-refractivity contribution in [3.8, 4) is 0 Å². The van der Waals surface area contributed by atoms with Crippen molar-refractivity contribution in [2.24, 2.45) is 0 Å². The second-order valence-corrected chi connectivity index (χ2v) is 40.8. The largest absolute Gasteiger partial charge is 0.342 e. The van der Waals surface area contributed by atoms with E-state index in [9.17, 15) is 57.5 Å². The molecule has 720 valence electrons. The highest BCUT2D eigenvalue weighted by Gasteiger charge is 2.24. The summed E-state index contributed by atoms with van der Waals surface area (Å²) in [5.74, 6) is 3.43. The third-order valence-corrected chi connectivity index (χ3v) is 29.4. The average Bonchev–Trinajstić information content (AvgIpc) is 1.27. The molecule has 0 atom stereocenters. The number of aromatic amines is 7. The predicted molar refractivity (Wildman–Crippen MR) is 552 cm³/mol. The highest BCUT2D eigenvalue weighted by Crippen LogP contribution is 2.28. The standard InChI is InChI=1S/C18H18N4O2S.2C18H20N2O2S.C18H16N2O2S.C17H18N2O2S.C17H26N2O2S/c23-11(9-16-19-14-7-3-4-8-15(14)20-16)10-25-18-21-13-6-2-1-5-12(13)17(24)22-18;3*1-12-6-8-13(9-7-12)10-14(21)11-23-18-19-16-5-3-2-4-15(16)17(22)20-18;20-13(10-12-6-2-1-3-7-12)11-22-17-18-15-9-5-4-8-14(15)16(21)19-17;1-2-3-4-5-6-9-13(20)12-22-17-18-15-11-8-7-10-14(15)16(21)19-17/h3-4,7-8H,1-2,5-6,9-10H2,(H,19,20)(H,21,22,24);2*6-9H,2-5,10-11H2,1H3,(H,19,20,22);2-9H,10-11H2,1H3,(H,19,20,22);1-3,6-7H,4-5,8-11H2,(H,18,19,21);2-12H2,1H3,(H,18,19,21). The lowest BCUT2D eigenvalue weighted by atomic mass is 9.97. The number of hydrogen-bond donors (Lipinski definition) is 7. The molecule has 138 heavy (non-hydrogen) atoms. The molecule has 18 rings (SSSR count). The van der Waals surface area contributed by atoms with Crippen LogP contribution in [0.1, 0.15) is 211 Å². The Hall–Kier alpha value is -11.6. The van der Waals surface area contributed by atoms with Crippen molar-refractivity contribution < 1.29 is 28.8 Å². The number of hydrogen-bond acceptors (Lipinski definition) is 25. The fraction of sp³-hybridized carbons (Fsp3) is 0.387. The van der Waals surface area contributed by atoms with Crippen molar-refractivity contribution in [1.29, 1.82) is 0 Å². The number of carbonyl (C=O) groups is 6. The molecule has 5 aliphatic carbocycles. The molecular weight excluding hydrogens is 1850 g/mol. The van der Waals surface area contributed by atoms with Crippen molar-refractivity contribution in [2.45, 2.75) is 258 Å². The lowest BCUT2D eigenvalue weighted by molar-refractivity contribution is -0.117. The van der Waals surface area contributed by atoms with Crippen LogP contribution in [-0.2, 0) is 125 Å². The summed E-state index contributed by atoms with van der Waals surface area (Å²) in [6.45, 7) is 8.26. The van der Waals surface area contributed by atoms with Crippen LogP contribution in [0.5, 0.6) is 0 Å². The zero-order valence-corrected chi connectivity index (χ0v) is 83.5. The number of nitrogens with one attached hydrogen (secondary N) is 7. The number of fused-ring (bicyclic) bond motifs is 7. The SMILES string of the molecule is CCCCCCCC(=O)CSc1nc2c(c(=O)[nH]1)CCCC2.Cc1ccc(CC(=O)CSc2nc3c(c(=O)[nH]2)CCCC3)cc1.Cc1ccc(CC(=O)CSc2nc3c(c(=O)[nH]2)CCCC3)cc1.Cc1ccc(CC(=O)CSc2nc3ccccc3c(=O)[nH]2)cc1.O=C(CSc1nc2c(c(=O)[nH]1)CCCC2)Cc1ccccc1.O=C(CSc1nc2c(c(=O)[nH]1)CCCC2)Cc1nc2ccccc2[nH]1. The molecule has 7 aromatic heterocycles. The Morgan fingerprint density at radius 1 is 0.268 bits per heavy atom. The van der Waals surface area contributed by atoms with E-state index in [1.165, 1.54) is 107 Å². The summed E-state index contributed by atoms with van der Waals surface area (Å²) in [5, 5.41) is 3.86. The summed E-state index contributed by atoms with van der Waals surface area (Å²) in [7, 11) is 0. The Balaban J connectivity index is 0.000000140. The normalized spacial score (nSPS) is 13.2. The zero-order valence-electron chi connectivity index (χ0n) is 78.6. The number of benzene rings is 6. The Labute approximate surface area is 826 Å². The van der Waals surface area contributed by atoms with E-state index in [-0.39, 0.29) is 86.0 Å². The molecule has 5 aliphatic rings. The van der Waals surface area contributed by atoms with Crippen molar-refractivity contribution >= 4 is 127 Å². The second kappa shape index (κ2) is 53.6. The van der Waals surface area contributed by atoms with Gasteiger partial charge in [0.2, 0.25) is 0 Å². The van der Waals surface area contributed by atoms with Crippen molar-refractivity contribution in [3.05, 3.63) is 315 Å². The number of aryl methyl sites for hydroxylation is 8. The predicted octanol–water partition coefficient (Wildman–Crippen LogP) is 17.5. The van der Waals surface area contributed by atoms with Gasteiger partial charge in [-0.25, -0.2) is 34.9 Å². The third-order valence-electron chi connectivity index (χ3n) is 23.8. The molecule has 7 N–H and O–H groups in total. The van der Waals surface area contributed by atoms with E-state index >= 15 is 0 Å². The van der Waals surface area contributed by atoms with Crippen molar-refractivity contribution in [3.63, 3.8) is 0 Å². The molecule has 0 fully saturated rings. The Morgan fingerprint density at radius 2 is 0.551 bits per heavy atom. The lowest BCUT2D eigenvalue weighted by Crippen LogP contribution is -2.21. The van der Waals surface area contributed by atoms with E-state index in [1.54, 1.807) is 18.2 Å². The first kappa shape index (κ1) is 104. The zero-order chi connectivity index (χ0) is 97.1. The van der Waals surface area contributed by atoms with Gasteiger partial charge in [-0.1, -0.05) is 247 Å². The molecule has 0 saturated carbocycles. The fourth-order valence-corrected chi connectivity index (χ4v) is 20.9. The number of thioether (sulfide) groups is 6. The summed E-state index contributed by atoms with van der Waals surface area (Å²) in [6.07, 6.45) is 27.5. The molecule has 0 unspecified atom stereocenters. The van der Waals surface area contributed by atoms with Crippen LogP contribution in [0.15, 0.2) is 211 Å². The van der Waals surface area contributed by atoms with Crippen molar-refractivity contribution in [1.82, 2.24) is 69.8 Å². The molecule has 0 amide bonds. The molecule has 26 nitrogen and oxygen atoms in total. The highest BCUT2D eigenvalue weighted by atomic mass is 32.2. The van der Waals surface area contributed by atoms with Gasteiger partial charge in [0.1, 0.15) is 34.7 Å². The summed E-state index contributed by atoms with van der Waals surface area (Å²) >= 11 is 7.88. The van der Waals surface area contributed by atoms with Gasteiger partial charge < -0.3 is 34.9 Å². The van der Waals surface area contributed by atoms with Crippen molar-refractivity contribution in [2.75, 3.05) is 34.5 Å². The van der Waals surface area contributed by atoms with Gasteiger partial charge in [-0.3, -0.25) is 57.5 Å². The number of unbranched alkanes of at least 4 members (excludes halogenated alkanes) is 4. The summed E-state index contributed by atoms with van der Waals surface area (Å²) < 4.78 is 0. The van der Waals surface area contributed by atoms with E-state index < -0.39 is 0 Å². The van der Waals surface area contributed by atoms with Crippen LogP contribution in [-0.4, -0.2) is 139 Å². The summed E-state index contributed by atoms with van der Waals surface area (Å²) in [6, 6.07) is 48.5. The highest BCUT2D eigenvalue weighted by molar-refractivity contribution is 8.01. The van der Waals surface area contributed by atoms with Gasteiger partial charge in [0.25, 0.3) is 33.4 Å². The molecule has 0 aliphatic heterocycles. The van der Waals surface area contributed by atoms with Crippen LogP contribution in [0.3, 0.4) is 0 Å². The topological polar surface area (TPSA) is 406 Å². The first-order chi connectivity index (χ1) is 67.0. The number of imidazole rings is 1. The lowest BCUT2D eigenvalue weighted by Gasteiger charge is -2.14. The Bertz CT molecular complexity index is 6610. The number of rotatable bonds is 34. The molecule has 0 bridgehead atoms. The van der Waals surface area contributed by atoms with Crippen LogP contribution >= 0.6 is 70.6 Å². The maximum Gasteiger partial charge on any atom is 0.259 e. The van der Waals surface area contributed by atoms with Crippen LogP contribution in [0.2, 0.25) is 0 Å². The minimum Gasteiger partial charge on any atom is -0.342 e.